The molecule has 3 saturated heterocycles. The SMILES string of the molecule is CS(=O)(=O)NC[C@@H]1CCC[C@@]2(CCN(C3CCOCC3)C2)O1. The maximum absolute atomic E-state index is 11.3. The lowest BCUT2D eigenvalue weighted by Crippen LogP contribution is -2.48. The van der Waals surface area contributed by atoms with Gasteiger partial charge < -0.3 is 9.47 Å². The first-order chi connectivity index (χ1) is 10.5. The molecule has 6 nitrogen and oxygen atoms in total. The van der Waals surface area contributed by atoms with Gasteiger partial charge in [0, 0.05) is 38.9 Å². The van der Waals surface area contributed by atoms with Crippen LogP contribution in [-0.4, -0.2) is 70.2 Å². The van der Waals surface area contributed by atoms with Crippen molar-refractivity contribution in [3.8, 4) is 0 Å². The van der Waals surface area contributed by atoms with Gasteiger partial charge in [0.25, 0.3) is 0 Å². The maximum atomic E-state index is 11.3. The minimum atomic E-state index is -3.14. The van der Waals surface area contributed by atoms with Crippen molar-refractivity contribution in [2.75, 3.05) is 39.1 Å². The van der Waals surface area contributed by atoms with Gasteiger partial charge in [-0.25, -0.2) is 13.1 Å². The van der Waals surface area contributed by atoms with Gasteiger partial charge in [0.1, 0.15) is 0 Å². The van der Waals surface area contributed by atoms with Crippen LogP contribution in [0.25, 0.3) is 0 Å². The van der Waals surface area contributed by atoms with Crippen LogP contribution in [-0.2, 0) is 19.5 Å². The van der Waals surface area contributed by atoms with E-state index in [9.17, 15) is 8.42 Å². The molecule has 0 aromatic rings. The highest BCUT2D eigenvalue weighted by Gasteiger charge is 2.44. The highest BCUT2D eigenvalue weighted by Crippen LogP contribution is 2.38. The van der Waals surface area contributed by atoms with Gasteiger partial charge in [0.05, 0.1) is 18.0 Å². The van der Waals surface area contributed by atoms with Crippen LogP contribution in [0.15, 0.2) is 0 Å². The molecule has 3 fully saturated rings. The van der Waals surface area contributed by atoms with Gasteiger partial charge in [-0.05, 0) is 38.5 Å². The Bertz CT molecular complexity index is 478. The van der Waals surface area contributed by atoms with Crippen molar-refractivity contribution in [1.29, 1.82) is 0 Å². The van der Waals surface area contributed by atoms with Crippen molar-refractivity contribution in [2.24, 2.45) is 0 Å². The molecule has 3 aliphatic rings. The largest absolute Gasteiger partial charge is 0.381 e. The normalized spacial score (nSPS) is 35.2. The van der Waals surface area contributed by atoms with E-state index in [1.807, 2.05) is 0 Å². The summed E-state index contributed by atoms with van der Waals surface area (Å²) in [5.41, 5.74) is -0.0552. The van der Waals surface area contributed by atoms with Crippen molar-refractivity contribution in [3.63, 3.8) is 0 Å². The number of hydrogen-bond donors (Lipinski definition) is 1. The number of nitrogens with one attached hydrogen (secondary N) is 1. The van der Waals surface area contributed by atoms with E-state index in [0.717, 1.165) is 64.8 Å². The third-order valence-corrected chi connectivity index (χ3v) is 5.89. The van der Waals surface area contributed by atoms with Crippen molar-refractivity contribution < 1.29 is 17.9 Å². The van der Waals surface area contributed by atoms with Gasteiger partial charge in [-0.3, -0.25) is 4.90 Å². The van der Waals surface area contributed by atoms with Gasteiger partial charge >= 0.3 is 0 Å². The van der Waals surface area contributed by atoms with Gasteiger partial charge in [0.2, 0.25) is 10.0 Å². The molecule has 2 atom stereocenters. The second kappa shape index (κ2) is 6.73. The molecule has 22 heavy (non-hydrogen) atoms. The molecule has 128 valence electrons. The van der Waals surface area contributed by atoms with Crippen LogP contribution in [0.1, 0.15) is 38.5 Å². The zero-order valence-corrected chi connectivity index (χ0v) is 14.2. The van der Waals surface area contributed by atoms with Crippen molar-refractivity contribution >= 4 is 10.0 Å². The van der Waals surface area contributed by atoms with E-state index in [1.54, 1.807) is 0 Å². The maximum Gasteiger partial charge on any atom is 0.208 e. The highest BCUT2D eigenvalue weighted by molar-refractivity contribution is 7.88. The molecule has 0 unspecified atom stereocenters. The van der Waals surface area contributed by atoms with Crippen LogP contribution in [0.5, 0.6) is 0 Å². The summed E-state index contributed by atoms with van der Waals surface area (Å²) in [7, 11) is -3.14. The van der Waals surface area contributed by atoms with Crippen LogP contribution in [0.3, 0.4) is 0 Å². The van der Waals surface area contributed by atoms with Crippen molar-refractivity contribution in [3.05, 3.63) is 0 Å². The fourth-order valence-corrected chi connectivity index (χ4v) is 4.54. The molecule has 3 aliphatic heterocycles. The molecular formula is C15H28N2O4S. The lowest BCUT2D eigenvalue weighted by Gasteiger charge is -2.40. The number of ether oxygens (including phenoxy) is 2. The third-order valence-electron chi connectivity index (χ3n) is 5.20. The molecule has 0 amide bonds. The number of nitrogens with zero attached hydrogens (tertiary/aromatic N) is 1. The lowest BCUT2D eigenvalue weighted by atomic mass is 9.90. The van der Waals surface area contributed by atoms with Crippen molar-refractivity contribution in [2.45, 2.75) is 56.3 Å². The first kappa shape index (κ1) is 16.6. The Morgan fingerprint density at radius 3 is 2.73 bits per heavy atom. The number of sulfonamides is 1. The monoisotopic (exact) mass is 332 g/mol. The second-order valence-electron chi connectivity index (χ2n) is 7.00. The predicted molar refractivity (Wildman–Crippen MR) is 84.3 cm³/mol. The van der Waals surface area contributed by atoms with Crippen LogP contribution >= 0.6 is 0 Å². The zero-order chi connectivity index (χ0) is 15.6. The van der Waals surface area contributed by atoms with Crippen LogP contribution in [0.4, 0.5) is 0 Å². The van der Waals surface area contributed by atoms with Crippen LogP contribution in [0.2, 0.25) is 0 Å². The summed E-state index contributed by atoms with van der Waals surface area (Å²) in [4.78, 5) is 2.56. The van der Waals surface area contributed by atoms with Gasteiger partial charge in [-0.1, -0.05) is 0 Å². The van der Waals surface area contributed by atoms with E-state index >= 15 is 0 Å². The van der Waals surface area contributed by atoms with E-state index in [-0.39, 0.29) is 11.7 Å². The third kappa shape index (κ3) is 4.20. The molecular weight excluding hydrogens is 304 g/mol. The summed E-state index contributed by atoms with van der Waals surface area (Å²) in [6.45, 7) is 4.23. The number of likely N-dealkylation sites (tertiary alicyclic amines) is 1. The Kier molecular flexibility index (Phi) is 5.09. The second-order valence-corrected chi connectivity index (χ2v) is 8.83. The minimum Gasteiger partial charge on any atom is -0.381 e. The minimum absolute atomic E-state index is 0.0121. The van der Waals surface area contributed by atoms with E-state index < -0.39 is 10.0 Å². The van der Waals surface area contributed by atoms with Crippen molar-refractivity contribution in [1.82, 2.24) is 9.62 Å². The Balaban J connectivity index is 1.54. The predicted octanol–water partition coefficient (Wildman–Crippen LogP) is 0.728. The summed E-state index contributed by atoms with van der Waals surface area (Å²) in [6, 6.07) is 0.631. The zero-order valence-electron chi connectivity index (χ0n) is 13.4. The molecule has 0 aromatic carbocycles. The summed E-state index contributed by atoms with van der Waals surface area (Å²) in [6.07, 6.45) is 7.69. The summed E-state index contributed by atoms with van der Waals surface area (Å²) >= 11 is 0. The summed E-state index contributed by atoms with van der Waals surface area (Å²) < 4.78 is 36.9. The summed E-state index contributed by atoms with van der Waals surface area (Å²) in [5, 5.41) is 0. The van der Waals surface area contributed by atoms with Gasteiger partial charge in [-0.2, -0.15) is 0 Å². The fraction of sp³-hybridized carbons (Fsp3) is 1.00. The van der Waals surface area contributed by atoms with E-state index in [2.05, 4.69) is 9.62 Å². The highest BCUT2D eigenvalue weighted by atomic mass is 32.2. The summed E-state index contributed by atoms with van der Waals surface area (Å²) in [5.74, 6) is 0. The molecule has 1 N–H and O–H groups in total. The Labute approximate surface area is 133 Å². The molecule has 1 spiro atoms. The molecule has 0 aliphatic carbocycles. The molecule has 3 heterocycles. The first-order valence-electron chi connectivity index (χ1n) is 8.40. The van der Waals surface area contributed by atoms with Crippen LogP contribution < -0.4 is 4.72 Å². The fourth-order valence-electron chi connectivity index (χ4n) is 4.05. The standard InChI is InChI=1S/C15H28N2O4S/c1-22(18,19)16-11-14-3-2-6-15(21-14)7-8-17(12-15)13-4-9-20-10-5-13/h13-14,16H,2-12H2,1H3/t14-,15-/m0/s1. The topological polar surface area (TPSA) is 67.9 Å². The van der Waals surface area contributed by atoms with Gasteiger partial charge in [0.15, 0.2) is 0 Å². The Morgan fingerprint density at radius 2 is 2.00 bits per heavy atom. The molecule has 0 radical (unpaired) electrons. The molecule has 0 aromatic heterocycles. The Hall–Kier alpha value is -0.210. The molecule has 0 saturated carbocycles. The smallest absolute Gasteiger partial charge is 0.208 e. The lowest BCUT2D eigenvalue weighted by molar-refractivity contribution is -0.120. The number of rotatable bonds is 4. The quantitative estimate of drug-likeness (QED) is 0.822. The number of hydrogen-bond acceptors (Lipinski definition) is 5. The van der Waals surface area contributed by atoms with E-state index in [1.165, 1.54) is 6.26 Å². The Morgan fingerprint density at radius 1 is 1.23 bits per heavy atom. The molecule has 7 heteroatoms. The first-order valence-corrected chi connectivity index (χ1v) is 10.3. The van der Waals surface area contributed by atoms with Crippen LogP contribution in [0, 0.1) is 0 Å². The molecule has 3 rings (SSSR count). The average molecular weight is 332 g/mol. The van der Waals surface area contributed by atoms with E-state index in [4.69, 9.17) is 9.47 Å². The van der Waals surface area contributed by atoms with E-state index in [0.29, 0.717) is 12.6 Å². The van der Waals surface area contributed by atoms with Gasteiger partial charge in [-0.15, -0.1) is 0 Å². The molecule has 0 bridgehead atoms. The average Bonchev–Trinajstić information content (AvgIpc) is 2.89.